The third-order valence-electron chi connectivity index (χ3n) is 1.03. The highest BCUT2D eigenvalue weighted by atomic mass is 16.7. The molecule has 0 aromatic rings. The van der Waals surface area contributed by atoms with Gasteiger partial charge in [0, 0.05) is 6.08 Å². The van der Waals surface area contributed by atoms with Crippen molar-refractivity contribution in [3.63, 3.8) is 0 Å². The lowest BCUT2D eigenvalue weighted by Crippen LogP contribution is -2.16. The standard InChI is InChI=1S/C7H10O3/c1-5(2)9-7-4-3-6(8)10-7/h3-5,7H,1-2H3. The largest absolute Gasteiger partial charge is 0.429 e. The predicted octanol–water partition coefficient (Wildman–Crippen LogP) is 0.850. The second-order valence-electron chi connectivity index (χ2n) is 2.35. The van der Waals surface area contributed by atoms with Crippen LogP contribution in [-0.2, 0) is 14.3 Å². The molecule has 0 amide bonds. The van der Waals surface area contributed by atoms with Crippen LogP contribution in [0.2, 0.25) is 0 Å². The van der Waals surface area contributed by atoms with Crippen LogP contribution in [0.4, 0.5) is 0 Å². The summed E-state index contributed by atoms with van der Waals surface area (Å²) in [6, 6.07) is 0. The van der Waals surface area contributed by atoms with Crippen molar-refractivity contribution in [2.24, 2.45) is 0 Å². The van der Waals surface area contributed by atoms with Crippen LogP contribution in [0.5, 0.6) is 0 Å². The van der Waals surface area contributed by atoms with E-state index in [0.717, 1.165) is 0 Å². The number of esters is 1. The fourth-order valence-corrected chi connectivity index (χ4v) is 0.692. The van der Waals surface area contributed by atoms with Gasteiger partial charge < -0.3 is 9.47 Å². The van der Waals surface area contributed by atoms with Gasteiger partial charge in [-0.15, -0.1) is 0 Å². The Kier molecular flexibility index (Phi) is 2.06. The normalized spacial score (nSPS) is 23.9. The molecule has 56 valence electrons. The highest BCUT2D eigenvalue weighted by Crippen LogP contribution is 2.08. The molecule has 1 unspecified atom stereocenters. The number of hydrogen-bond donors (Lipinski definition) is 0. The first-order chi connectivity index (χ1) is 4.68. The lowest BCUT2D eigenvalue weighted by Gasteiger charge is -2.11. The van der Waals surface area contributed by atoms with Crippen LogP contribution in [0.25, 0.3) is 0 Å². The molecule has 10 heavy (non-hydrogen) atoms. The highest BCUT2D eigenvalue weighted by Gasteiger charge is 2.17. The van der Waals surface area contributed by atoms with Gasteiger partial charge in [0.2, 0.25) is 6.29 Å². The molecule has 0 aromatic carbocycles. The molecule has 3 heteroatoms. The Hall–Kier alpha value is -0.830. The summed E-state index contributed by atoms with van der Waals surface area (Å²) in [4.78, 5) is 10.4. The number of rotatable bonds is 2. The van der Waals surface area contributed by atoms with Gasteiger partial charge in [-0.05, 0) is 19.9 Å². The van der Waals surface area contributed by atoms with Crippen molar-refractivity contribution in [3.05, 3.63) is 12.2 Å². The minimum Gasteiger partial charge on any atom is -0.429 e. The number of hydrogen-bond acceptors (Lipinski definition) is 3. The molecule has 1 rings (SSSR count). The molecule has 0 saturated carbocycles. The Labute approximate surface area is 59.6 Å². The van der Waals surface area contributed by atoms with Crippen LogP contribution in [0.15, 0.2) is 12.2 Å². The smallest absolute Gasteiger partial charge is 0.333 e. The molecule has 0 N–H and O–H groups in total. The number of carbonyl (C=O) groups excluding carboxylic acids is 1. The van der Waals surface area contributed by atoms with Crippen LogP contribution >= 0.6 is 0 Å². The average Bonchev–Trinajstić information content (AvgIpc) is 2.13. The maximum Gasteiger partial charge on any atom is 0.333 e. The molecule has 0 aliphatic carbocycles. The maximum absolute atomic E-state index is 10.4. The van der Waals surface area contributed by atoms with Gasteiger partial charge >= 0.3 is 5.97 Å². The van der Waals surface area contributed by atoms with Gasteiger partial charge in [-0.25, -0.2) is 4.79 Å². The Morgan fingerprint density at radius 1 is 1.70 bits per heavy atom. The molecule has 3 nitrogen and oxygen atoms in total. The summed E-state index contributed by atoms with van der Waals surface area (Å²) in [5.74, 6) is -0.328. The quantitative estimate of drug-likeness (QED) is 0.536. The topological polar surface area (TPSA) is 35.5 Å². The zero-order valence-corrected chi connectivity index (χ0v) is 6.03. The molecule has 1 aliphatic rings. The fourth-order valence-electron chi connectivity index (χ4n) is 0.692. The van der Waals surface area contributed by atoms with E-state index >= 15 is 0 Å². The van der Waals surface area contributed by atoms with E-state index in [4.69, 9.17) is 9.47 Å². The summed E-state index contributed by atoms with van der Waals surface area (Å²) in [6.07, 6.45) is 2.59. The van der Waals surface area contributed by atoms with Crippen LogP contribution in [0, 0.1) is 0 Å². The summed E-state index contributed by atoms with van der Waals surface area (Å²) in [5, 5.41) is 0. The molecule has 0 bridgehead atoms. The van der Waals surface area contributed by atoms with Crippen LogP contribution < -0.4 is 0 Å². The van der Waals surface area contributed by atoms with Crippen molar-refractivity contribution in [1.82, 2.24) is 0 Å². The molecule has 1 atom stereocenters. The van der Waals surface area contributed by atoms with Gasteiger partial charge in [0.25, 0.3) is 0 Å². The van der Waals surface area contributed by atoms with E-state index in [-0.39, 0.29) is 12.1 Å². The lowest BCUT2D eigenvalue weighted by atomic mass is 10.5. The van der Waals surface area contributed by atoms with Crippen molar-refractivity contribution < 1.29 is 14.3 Å². The van der Waals surface area contributed by atoms with Crippen LogP contribution in [0.1, 0.15) is 13.8 Å². The average molecular weight is 142 g/mol. The van der Waals surface area contributed by atoms with Crippen molar-refractivity contribution in [2.45, 2.75) is 26.2 Å². The van der Waals surface area contributed by atoms with E-state index in [2.05, 4.69) is 0 Å². The second kappa shape index (κ2) is 2.84. The van der Waals surface area contributed by atoms with Gasteiger partial charge in [-0.3, -0.25) is 0 Å². The minimum atomic E-state index is -0.465. The molecular formula is C7H10O3. The first-order valence-electron chi connectivity index (χ1n) is 3.23. The summed E-state index contributed by atoms with van der Waals surface area (Å²) in [7, 11) is 0. The lowest BCUT2D eigenvalue weighted by molar-refractivity contribution is -0.163. The highest BCUT2D eigenvalue weighted by molar-refractivity contribution is 5.84. The number of carbonyl (C=O) groups is 1. The molecule has 1 heterocycles. The van der Waals surface area contributed by atoms with E-state index in [0.29, 0.717) is 0 Å². The number of cyclic esters (lactones) is 1. The molecule has 0 aromatic heterocycles. The van der Waals surface area contributed by atoms with E-state index < -0.39 is 6.29 Å². The van der Waals surface area contributed by atoms with Crippen LogP contribution in [-0.4, -0.2) is 18.4 Å². The van der Waals surface area contributed by atoms with Gasteiger partial charge in [0.1, 0.15) is 0 Å². The van der Waals surface area contributed by atoms with Gasteiger partial charge in [-0.1, -0.05) is 0 Å². The van der Waals surface area contributed by atoms with Crippen molar-refractivity contribution in [1.29, 1.82) is 0 Å². The van der Waals surface area contributed by atoms with Crippen molar-refractivity contribution in [3.8, 4) is 0 Å². The Morgan fingerprint density at radius 3 is 2.80 bits per heavy atom. The fraction of sp³-hybridized carbons (Fsp3) is 0.571. The van der Waals surface area contributed by atoms with E-state index in [9.17, 15) is 4.79 Å². The second-order valence-corrected chi connectivity index (χ2v) is 2.35. The van der Waals surface area contributed by atoms with Crippen molar-refractivity contribution >= 4 is 5.97 Å². The van der Waals surface area contributed by atoms with Gasteiger partial charge in [0.15, 0.2) is 0 Å². The summed E-state index contributed by atoms with van der Waals surface area (Å²) in [6.45, 7) is 3.78. The molecular weight excluding hydrogens is 132 g/mol. The molecule has 0 fully saturated rings. The first-order valence-corrected chi connectivity index (χ1v) is 3.23. The summed E-state index contributed by atoms with van der Waals surface area (Å²) in [5.41, 5.74) is 0. The van der Waals surface area contributed by atoms with E-state index in [1.165, 1.54) is 6.08 Å². The minimum absolute atomic E-state index is 0.0838. The Balaban J connectivity index is 2.33. The van der Waals surface area contributed by atoms with Gasteiger partial charge in [0.05, 0.1) is 6.10 Å². The SMILES string of the molecule is CC(C)OC1C=CC(=O)O1. The maximum atomic E-state index is 10.4. The Morgan fingerprint density at radius 2 is 2.40 bits per heavy atom. The third kappa shape index (κ3) is 1.84. The summed E-state index contributed by atoms with van der Waals surface area (Å²) >= 11 is 0. The van der Waals surface area contributed by atoms with Crippen LogP contribution in [0.3, 0.4) is 0 Å². The first kappa shape index (κ1) is 7.28. The monoisotopic (exact) mass is 142 g/mol. The molecule has 0 saturated heterocycles. The predicted molar refractivity (Wildman–Crippen MR) is 35.2 cm³/mol. The molecule has 1 aliphatic heterocycles. The zero-order chi connectivity index (χ0) is 7.56. The number of ether oxygens (including phenoxy) is 2. The zero-order valence-electron chi connectivity index (χ0n) is 6.03. The molecule has 0 radical (unpaired) electrons. The van der Waals surface area contributed by atoms with Gasteiger partial charge in [-0.2, -0.15) is 0 Å². The Bertz CT molecular complexity index is 160. The van der Waals surface area contributed by atoms with E-state index in [1.54, 1.807) is 6.08 Å². The third-order valence-corrected chi connectivity index (χ3v) is 1.03. The van der Waals surface area contributed by atoms with E-state index in [1.807, 2.05) is 13.8 Å². The summed E-state index contributed by atoms with van der Waals surface area (Å²) < 4.78 is 9.85. The van der Waals surface area contributed by atoms with Crippen molar-refractivity contribution in [2.75, 3.05) is 0 Å². The molecule has 0 spiro atoms.